The highest BCUT2D eigenvalue weighted by atomic mass is 79.9. The van der Waals surface area contributed by atoms with E-state index in [1.54, 1.807) is 12.1 Å². The number of nitrogens with one attached hydrogen (secondary N) is 2. The number of carbonyl (C=O) groups excluding carboxylic acids is 1. The Hall–Kier alpha value is -2.58. The highest BCUT2D eigenvalue weighted by molar-refractivity contribution is 9.10. The number of rotatable bonds is 11. The molecule has 162 valence electrons. The number of anilines is 1. The van der Waals surface area contributed by atoms with Gasteiger partial charge in [0.2, 0.25) is 5.91 Å². The van der Waals surface area contributed by atoms with E-state index in [0.29, 0.717) is 18.7 Å². The Morgan fingerprint density at radius 2 is 1.80 bits per heavy atom. The number of benzene rings is 2. The fourth-order valence-corrected chi connectivity index (χ4v) is 3.23. The first kappa shape index (κ1) is 23.7. The van der Waals surface area contributed by atoms with Crippen LogP contribution >= 0.6 is 15.9 Å². The molecule has 0 spiro atoms. The summed E-state index contributed by atoms with van der Waals surface area (Å²) in [4.78, 5) is 25.6. The van der Waals surface area contributed by atoms with E-state index in [-0.39, 0.29) is 5.91 Å². The number of carboxylic acid groups (broad SMARTS) is 1. The molecule has 0 aliphatic heterocycles. The summed E-state index contributed by atoms with van der Waals surface area (Å²) in [6.45, 7) is 1.29. The first-order valence-electron chi connectivity index (χ1n) is 9.76. The van der Waals surface area contributed by atoms with Gasteiger partial charge < -0.3 is 25.4 Å². The Balaban J connectivity index is 1.88. The molecule has 0 saturated heterocycles. The van der Waals surface area contributed by atoms with Crippen LogP contribution in [0.15, 0.2) is 53.0 Å². The molecule has 0 heterocycles. The summed E-state index contributed by atoms with van der Waals surface area (Å²) in [5.41, 5.74) is 1.56. The Morgan fingerprint density at radius 1 is 1.10 bits per heavy atom. The zero-order chi connectivity index (χ0) is 21.9. The molecule has 0 radical (unpaired) electrons. The minimum atomic E-state index is -1.21. The van der Waals surface area contributed by atoms with E-state index >= 15 is 0 Å². The Morgan fingerprint density at radius 3 is 2.43 bits per heavy atom. The van der Waals surface area contributed by atoms with Gasteiger partial charge in [-0.3, -0.25) is 4.79 Å². The van der Waals surface area contributed by atoms with Crippen molar-refractivity contribution in [2.24, 2.45) is 0 Å². The van der Waals surface area contributed by atoms with Gasteiger partial charge in [0.05, 0.1) is 4.47 Å². The van der Waals surface area contributed by atoms with Crippen LogP contribution in [0.2, 0.25) is 0 Å². The molecule has 3 N–H and O–H groups in total. The molecule has 2 amide bonds. The van der Waals surface area contributed by atoms with Crippen molar-refractivity contribution in [3.05, 3.63) is 58.6 Å². The Labute approximate surface area is 185 Å². The lowest BCUT2D eigenvalue weighted by atomic mass is 10.1. The Bertz CT molecular complexity index is 827. The number of hydrogen-bond acceptors (Lipinski definition) is 4. The third-order valence-corrected chi connectivity index (χ3v) is 5.07. The quantitative estimate of drug-likeness (QED) is 0.418. The summed E-state index contributed by atoms with van der Waals surface area (Å²) in [6.07, 6.45) is 0.887. The van der Waals surface area contributed by atoms with Crippen molar-refractivity contribution >= 4 is 33.6 Å². The monoisotopic (exact) mass is 477 g/mol. The lowest BCUT2D eigenvalue weighted by Crippen LogP contribution is -2.43. The van der Waals surface area contributed by atoms with Crippen LogP contribution in [0.5, 0.6) is 5.75 Å². The van der Waals surface area contributed by atoms with E-state index in [0.717, 1.165) is 35.2 Å². The van der Waals surface area contributed by atoms with Gasteiger partial charge in [0.15, 0.2) is 0 Å². The maximum Gasteiger partial charge on any atom is 0.405 e. The normalized spacial score (nSPS) is 11.7. The van der Waals surface area contributed by atoms with E-state index < -0.39 is 12.1 Å². The topological polar surface area (TPSA) is 90.9 Å². The highest BCUT2D eigenvalue weighted by Crippen LogP contribution is 2.24. The first-order valence-corrected chi connectivity index (χ1v) is 10.6. The minimum absolute atomic E-state index is 0.362. The van der Waals surface area contributed by atoms with Gasteiger partial charge in [0, 0.05) is 5.69 Å². The molecule has 2 aromatic carbocycles. The van der Waals surface area contributed by atoms with Crippen molar-refractivity contribution in [3.8, 4) is 5.75 Å². The number of halogens is 1. The van der Waals surface area contributed by atoms with E-state index in [4.69, 9.17) is 9.84 Å². The van der Waals surface area contributed by atoms with Crippen LogP contribution in [0.4, 0.5) is 10.5 Å². The second-order valence-corrected chi connectivity index (χ2v) is 8.06. The van der Waals surface area contributed by atoms with Crippen LogP contribution < -0.4 is 15.4 Å². The summed E-state index contributed by atoms with van der Waals surface area (Å²) in [6, 6.07) is 14.1. The number of para-hydroxylation sites is 1. The molecule has 0 aromatic heterocycles. The molecule has 0 aliphatic carbocycles. The van der Waals surface area contributed by atoms with Gasteiger partial charge in [0.25, 0.3) is 0 Å². The van der Waals surface area contributed by atoms with Crippen LogP contribution in [-0.2, 0) is 11.4 Å². The number of unbranched alkanes of at least 4 members (excludes halogenated alkanes) is 1. The Kier molecular flexibility index (Phi) is 9.63. The van der Waals surface area contributed by atoms with Crippen LogP contribution in [-0.4, -0.2) is 48.7 Å². The lowest BCUT2D eigenvalue weighted by molar-refractivity contribution is -0.118. The van der Waals surface area contributed by atoms with Gasteiger partial charge in [-0.25, -0.2) is 4.79 Å². The van der Waals surface area contributed by atoms with E-state index in [9.17, 15) is 9.59 Å². The predicted octanol–water partition coefficient (Wildman–Crippen LogP) is 4.33. The van der Waals surface area contributed by atoms with Crippen LogP contribution in [0.25, 0.3) is 0 Å². The van der Waals surface area contributed by atoms with Crippen molar-refractivity contribution in [3.63, 3.8) is 0 Å². The third-order valence-electron chi connectivity index (χ3n) is 4.41. The molecule has 1 atom stereocenters. The van der Waals surface area contributed by atoms with Crippen LogP contribution in [0.3, 0.4) is 0 Å². The molecule has 0 bridgehead atoms. The summed E-state index contributed by atoms with van der Waals surface area (Å²) >= 11 is 3.45. The molecule has 8 heteroatoms. The molecular formula is C22H28BrN3O4. The number of hydrogen-bond donors (Lipinski definition) is 3. The fourth-order valence-electron chi connectivity index (χ4n) is 2.83. The van der Waals surface area contributed by atoms with Gasteiger partial charge in [-0.05, 0) is 85.7 Å². The summed E-state index contributed by atoms with van der Waals surface area (Å²) < 4.78 is 6.67. The molecule has 0 saturated carbocycles. The average molecular weight is 478 g/mol. The molecule has 2 rings (SSSR count). The minimum Gasteiger partial charge on any atom is -0.488 e. The van der Waals surface area contributed by atoms with Crippen molar-refractivity contribution in [2.45, 2.75) is 31.9 Å². The maximum absolute atomic E-state index is 12.5. The highest BCUT2D eigenvalue weighted by Gasteiger charge is 2.20. The first-order chi connectivity index (χ1) is 14.3. The van der Waals surface area contributed by atoms with E-state index in [1.165, 1.54) is 0 Å². The molecule has 30 heavy (non-hydrogen) atoms. The predicted molar refractivity (Wildman–Crippen MR) is 121 cm³/mol. The molecule has 0 fully saturated rings. The second kappa shape index (κ2) is 12.2. The van der Waals surface area contributed by atoms with Gasteiger partial charge in [-0.2, -0.15) is 0 Å². The van der Waals surface area contributed by atoms with Crippen molar-refractivity contribution in [1.29, 1.82) is 0 Å². The second-order valence-electron chi connectivity index (χ2n) is 7.21. The number of carbonyl (C=O) groups is 2. The van der Waals surface area contributed by atoms with Gasteiger partial charge in [-0.15, -0.1) is 0 Å². The number of nitrogens with zero attached hydrogens (tertiary/aromatic N) is 1. The van der Waals surface area contributed by atoms with Crippen molar-refractivity contribution in [2.75, 3.05) is 26.0 Å². The van der Waals surface area contributed by atoms with Gasteiger partial charge >= 0.3 is 6.09 Å². The summed E-state index contributed by atoms with van der Waals surface area (Å²) in [7, 11) is 3.96. The zero-order valence-corrected chi connectivity index (χ0v) is 18.8. The lowest BCUT2D eigenvalue weighted by Gasteiger charge is -2.17. The maximum atomic E-state index is 12.5. The molecular weight excluding hydrogens is 450 g/mol. The molecule has 7 nitrogen and oxygen atoms in total. The van der Waals surface area contributed by atoms with Crippen LogP contribution in [0.1, 0.15) is 24.8 Å². The van der Waals surface area contributed by atoms with Gasteiger partial charge in [-0.1, -0.05) is 24.3 Å². The smallest absolute Gasteiger partial charge is 0.405 e. The van der Waals surface area contributed by atoms with Crippen molar-refractivity contribution < 1.29 is 19.4 Å². The number of ether oxygens (including phenoxy) is 1. The third kappa shape index (κ3) is 8.42. The fraction of sp³-hybridized carbons (Fsp3) is 0.364. The SMILES string of the molecule is CN(C)CCCCC(NC(=O)O)C(=O)Nc1ccc(COc2ccccc2Br)cc1. The van der Waals surface area contributed by atoms with Crippen molar-refractivity contribution in [1.82, 2.24) is 10.2 Å². The zero-order valence-electron chi connectivity index (χ0n) is 17.2. The summed E-state index contributed by atoms with van der Waals surface area (Å²) in [5.74, 6) is 0.395. The molecule has 0 aliphatic rings. The standard InChI is InChI=1S/C22H28BrN3O4/c1-26(2)14-6-5-8-19(25-22(28)29)21(27)24-17-12-10-16(11-13-17)15-30-20-9-4-3-7-18(20)23/h3-4,7,9-13,19,25H,5-6,8,14-15H2,1-2H3,(H,24,27)(H,28,29). The van der Waals surface area contributed by atoms with Crippen LogP contribution in [0, 0.1) is 0 Å². The van der Waals surface area contributed by atoms with E-state index in [1.807, 2.05) is 50.5 Å². The molecule has 1 unspecified atom stereocenters. The van der Waals surface area contributed by atoms with Gasteiger partial charge in [0.1, 0.15) is 18.4 Å². The summed E-state index contributed by atoms with van der Waals surface area (Å²) in [5, 5.41) is 14.1. The van der Waals surface area contributed by atoms with E-state index in [2.05, 4.69) is 31.5 Å². The number of amides is 2. The largest absolute Gasteiger partial charge is 0.488 e. The molecule has 2 aromatic rings. The average Bonchev–Trinajstić information content (AvgIpc) is 2.70.